The first-order chi connectivity index (χ1) is 9.02. The molecule has 4 amide bonds. The first kappa shape index (κ1) is 12.8. The van der Waals surface area contributed by atoms with Crippen molar-refractivity contribution in [2.75, 3.05) is 14.1 Å². The Morgan fingerprint density at radius 3 is 2.26 bits per heavy atom. The van der Waals surface area contributed by atoms with Crippen LogP contribution in [0.2, 0.25) is 0 Å². The normalized spacial score (nSPS) is 16.7. The molecule has 0 aliphatic carbocycles. The molecule has 0 radical (unpaired) electrons. The molecule has 0 aromatic carbocycles. The van der Waals surface area contributed by atoms with Gasteiger partial charge in [-0.15, -0.1) is 0 Å². The number of amides is 4. The fourth-order valence-corrected chi connectivity index (χ4v) is 1.62. The maximum atomic E-state index is 11.8. The predicted octanol–water partition coefficient (Wildman–Crippen LogP) is 1.27. The highest BCUT2D eigenvalue weighted by Gasteiger charge is 2.37. The summed E-state index contributed by atoms with van der Waals surface area (Å²) in [6, 6.07) is 2.83. The second-order valence-corrected chi connectivity index (χ2v) is 3.97. The van der Waals surface area contributed by atoms with E-state index >= 15 is 0 Å². The molecule has 1 aromatic heterocycles. The van der Waals surface area contributed by atoms with E-state index in [0.29, 0.717) is 5.76 Å². The number of barbiturate groups is 1. The number of carbonyl (C=O) groups excluding carboxylic acids is 3. The van der Waals surface area contributed by atoms with Crippen LogP contribution in [0.5, 0.6) is 0 Å². The predicted molar refractivity (Wildman–Crippen MR) is 66.8 cm³/mol. The second kappa shape index (κ2) is 4.93. The van der Waals surface area contributed by atoms with Crippen LogP contribution in [0.25, 0.3) is 6.08 Å². The van der Waals surface area contributed by atoms with Gasteiger partial charge in [-0.05, 0) is 24.3 Å². The summed E-state index contributed by atoms with van der Waals surface area (Å²) in [6.07, 6.45) is 6.03. The van der Waals surface area contributed by atoms with Gasteiger partial charge >= 0.3 is 6.03 Å². The van der Waals surface area contributed by atoms with Crippen molar-refractivity contribution < 1.29 is 18.8 Å². The number of carbonyl (C=O) groups is 3. The smallest absolute Gasteiger partial charge is 0.333 e. The molecular weight excluding hydrogens is 248 g/mol. The first-order valence-corrected chi connectivity index (χ1v) is 5.54. The summed E-state index contributed by atoms with van der Waals surface area (Å²) in [5.74, 6) is -0.625. The van der Waals surface area contributed by atoms with Gasteiger partial charge in [0.05, 0.1) is 6.26 Å². The molecule has 0 spiro atoms. The van der Waals surface area contributed by atoms with Gasteiger partial charge in [-0.25, -0.2) is 4.79 Å². The Hall–Kier alpha value is -2.63. The molecular formula is C13H12N2O4. The molecule has 1 saturated heterocycles. The molecule has 19 heavy (non-hydrogen) atoms. The van der Waals surface area contributed by atoms with Crippen LogP contribution in [0.1, 0.15) is 5.76 Å². The van der Waals surface area contributed by atoms with Crippen molar-refractivity contribution in [1.29, 1.82) is 0 Å². The Morgan fingerprint density at radius 1 is 1.11 bits per heavy atom. The molecule has 0 bridgehead atoms. The standard InChI is InChI=1S/C13H12N2O4/c1-14-11(16)10(12(17)15(2)13(14)18)7-3-5-9-6-4-8-19-9/h3-8H,1-2H3. The number of furan rings is 1. The summed E-state index contributed by atoms with van der Waals surface area (Å²) in [7, 11) is 2.66. The number of allylic oxidation sites excluding steroid dienone is 2. The van der Waals surface area contributed by atoms with E-state index in [1.54, 1.807) is 18.2 Å². The summed E-state index contributed by atoms with van der Waals surface area (Å²) in [4.78, 5) is 36.9. The summed E-state index contributed by atoms with van der Waals surface area (Å²) in [6.45, 7) is 0. The molecule has 98 valence electrons. The van der Waals surface area contributed by atoms with Gasteiger partial charge in [0.15, 0.2) is 0 Å². The Kier molecular flexibility index (Phi) is 3.33. The number of imide groups is 2. The summed E-state index contributed by atoms with van der Waals surface area (Å²) >= 11 is 0. The van der Waals surface area contributed by atoms with E-state index in [1.165, 1.54) is 32.5 Å². The molecule has 6 heteroatoms. The zero-order valence-electron chi connectivity index (χ0n) is 10.5. The number of likely N-dealkylation sites (N-methyl/N-ethyl adjacent to an activating group) is 2. The van der Waals surface area contributed by atoms with Crippen LogP contribution in [0.3, 0.4) is 0 Å². The Bertz CT molecular complexity index is 558. The zero-order chi connectivity index (χ0) is 14.0. The number of rotatable bonds is 2. The third-order valence-electron chi connectivity index (χ3n) is 2.71. The lowest BCUT2D eigenvalue weighted by atomic mass is 10.1. The number of urea groups is 1. The van der Waals surface area contributed by atoms with E-state index in [4.69, 9.17) is 4.42 Å². The van der Waals surface area contributed by atoms with Crippen molar-refractivity contribution in [3.05, 3.63) is 41.9 Å². The van der Waals surface area contributed by atoms with Gasteiger partial charge in [-0.3, -0.25) is 19.4 Å². The highest BCUT2D eigenvalue weighted by Crippen LogP contribution is 2.14. The third kappa shape index (κ3) is 2.33. The van der Waals surface area contributed by atoms with Crippen molar-refractivity contribution in [3.63, 3.8) is 0 Å². The van der Waals surface area contributed by atoms with Gasteiger partial charge in [0.2, 0.25) is 0 Å². The highest BCUT2D eigenvalue weighted by molar-refractivity contribution is 6.28. The molecule has 2 rings (SSSR count). The van der Waals surface area contributed by atoms with Crippen molar-refractivity contribution in [1.82, 2.24) is 9.80 Å². The van der Waals surface area contributed by atoms with Crippen LogP contribution in [0, 0.1) is 0 Å². The average molecular weight is 260 g/mol. The molecule has 0 saturated carbocycles. The van der Waals surface area contributed by atoms with Crippen molar-refractivity contribution in [3.8, 4) is 0 Å². The fraction of sp³-hybridized carbons (Fsp3) is 0.154. The molecule has 0 atom stereocenters. The summed E-state index contributed by atoms with van der Waals surface area (Å²) in [5, 5.41) is 0. The van der Waals surface area contributed by atoms with Crippen LogP contribution in [-0.4, -0.2) is 41.7 Å². The minimum atomic E-state index is -0.637. The zero-order valence-corrected chi connectivity index (χ0v) is 10.5. The first-order valence-electron chi connectivity index (χ1n) is 5.54. The van der Waals surface area contributed by atoms with Crippen molar-refractivity contribution in [2.24, 2.45) is 0 Å². The molecule has 1 fully saturated rings. The quantitative estimate of drug-likeness (QED) is 0.593. The molecule has 6 nitrogen and oxygen atoms in total. The maximum Gasteiger partial charge on any atom is 0.333 e. The molecule has 0 N–H and O–H groups in total. The SMILES string of the molecule is CN1C(=O)C(=CC=Cc2ccco2)C(=O)N(C)C1=O. The highest BCUT2D eigenvalue weighted by atomic mass is 16.3. The molecule has 1 aliphatic heterocycles. The largest absolute Gasteiger partial charge is 0.465 e. The second-order valence-electron chi connectivity index (χ2n) is 3.97. The van der Waals surface area contributed by atoms with Crippen LogP contribution in [-0.2, 0) is 9.59 Å². The van der Waals surface area contributed by atoms with E-state index in [1.807, 2.05) is 0 Å². The minimum absolute atomic E-state index is 0.0626. The Balaban J connectivity index is 2.25. The fourth-order valence-electron chi connectivity index (χ4n) is 1.62. The van der Waals surface area contributed by atoms with Gasteiger partial charge in [0.1, 0.15) is 11.3 Å². The van der Waals surface area contributed by atoms with E-state index in [9.17, 15) is 14.4 Å². The number of hydrogen-bond acceptors (Lipinski definition) is 4. The average Bonchev–Trinajstić information content (AvgIpc) is 2.91. The van der Waals surface area contributed by atoms with E-state index in [-0.39, 0.29) is 5.57 Å². The summed E-state index contributed by atoms with van der Waals surface area (Å²) < 4.78 is 5.08. The lowest BCUT2D eigenvalue weighted by Crippen LogP contribution is -2.52. The third-order valence-corrected chi connectivity index (χ3v) is 2.71. The van der Waals surface area contributed by atoms with E-state index in [2.05, 4.69) is 0 Å². The van der Waals surface area contributed by atoms with Gasteiger partial charge in [0, 0.05) is 14.1 Å². The molecule has 0 unspecified atom stereocenters. The van der Waals surface area contributed by atoms with E-state index in [0.717, 1.165) is 9.80 Å². The number of hydrogen-bond donors (Lipinski definition) is 0. The van der Waals surface area contributed by atoms with Gasteiger partial charge < -0.3 is 4.42 Å². The van der Waals surface area contributed by atoms with Gasteiger partial charge in [-0.2, -0.15) is 0 Å². The summed E-state index contributed by atoms with van der Waals surface area (Å²) in [5.41, 5.74) is -0.0626. The molecule has 1 aliphatic rings. The monoisotopic (exact) mass is 260 g/mol. The van der Waals surface area contributed by atoms with Gasteiger partial charge in [-0.1, -0.05) is 6.08 Å². The molecule has 2 heterocycles. The van der Waals surface area contributed by atoms with Crippen molar-refractivity contribution >= 4 is 23.9 Å². The Morgan fingerprint density at radius 2 is 1.74 bits per heavy atom. The maximum absolute atomic E-state index is 11.8. The van der Waals surface area contributed by atoms with Crippen LogP contribution < -0.4 is 0 Å². The van der Waals surface area contributed by atoms with Crippen LogP contribution in [0.15, 0.2) is 40.5 Å². The number of nitrogens with zero attached hydrogens (tertiary/aromatic N) is 2. The lowest BCUT2D eigenvalue weighted by Gasteiger charge is -2.28. The topological polar surface area (TPSA) is 70.8 Å². The van der Waals surface area contributed by atoms with Crippen molar-refractivity contribution in [2.45, 2.75) is 0 Å². The van der Waals surface area contributed by atoms with Crippen LogP contribution in [0.4, 0.5) is 4.79 Å². The van der Waals surface area contributed by atoms with E-state index < -0.39 is 17.8 Å². The van der Waals surface area contributed by atoms with Crippen LogP contribution >= 0.6 is 0 Å². The molecule has 1 aromatic rings. The lowest BCUT2D eigenvalue weighted by molar-refractivity contribution is -0.134. The van der Waals surface area contributed by atoms with Gasteiger partial charge in [0.25, 0.3) is 11.8 Å². The minimum Gasteiger partial charge on any atom is -0.465 e. The Labute approximate surface area is 109 Å².